The quantitative estimate of drug-likeness (QED) is 0.814. The van der Waals surface area contributed by atoms with E-state index in [1.54, 1.807) is 24.5 Å². The molecule has 1 atom stereocenters. The van der Waals surface area contributed by atoms with Gasteiger partial charge in [0.1, 0.15) is 5.56 Å². The van der Waals surface area contributed by atoms with Gasteiger partial charge < -0.3 is 14.2 Å². The molecule has 1 unspecified atom stereocenters. The molecule has 0 spiro atoms. The first-order valence-electron chi connectivity index (χ1n) is 6.56. The number of benzene rings is 2. The van der Waals surface area contributed by atoms with Crippen molar-refractivity contribution in [2.75, 3.05) is 20.2 Å². The molecule has 0 aromatic heterocycles. The molecule has 22 heavy (non-hydrogen) atoms. The van der Waals surface area contributed by atoms with Crippen LogP contribution in [-0.4, -0.2) is 30.3 Å². The Morgan fingerprint density at radius 1 is 1.23 bits per heavy atom. The molecular formula is C16H14O5S. The second-order valence-electron chi connectivity index (χ2n) is 4.70. The van der Waals surface area contributed by atoms with Crippen molar-refractivity contribution in [3.63, 3.8) is 0 Å². The minimum Gasteiger partial charge on any atom is -0.465 e. The Hall–Kier alpha value is -2.34. The molecule has 2 aromatic carbocycles. The first-order valence-corrected chi connectivity index (χ1v) is 8.12. The van der Waals surface area contributed by atoms with E-state index in [2.05, 4.69) is 0 Å². The summed E-state index contributed by atoms with van der Waals surface area (Å²) in [5.41, 5.74) is 1.81. The number of esters is 1. The standard InChI is InChI=1S/C16H14O5S/c1-19-16(17)12-7-10(8-13-15(12)21-9-20-13)11-5-3-4-6-14(11)22(2)18/h3-8H,9H2,1-2H3. The second-order valence-corrected chi connectivity index (χ2v) is 6.05. The minimum atomic E-state index is -1.15. The van der Waals surface area contributed by atoms with Gasteiger partial charge in [0.25, 0.3) is 0 Å². The largest absolute Gasteiger partial charge is 0.465 e. The topological polar surface area (TPSA) is 61.8 Å². The summed E-state index contributed by atoms with van der Waals surface area (Å²) < 4.78 is 27.4. The average Bonchev–Trinajstić information content (AvgIpc) is 3.01. The molecule has 6 heteroatoms. The van der Waals surface area contributed by atoms with E-state index in [0.717, 1.165) is 11.1 Å². The first-order chi connectivity index (χ1) is 10.6. The highest BCUT2D eigenvalue weighted by molar-refractivity contribution is 7.84. The third-order valence-electron chi connectivity index (χ3n) is 3.39. The predicted octanol–water partition coefficient (Wildman–Crippen LogP) is 2.61. The van der Waals surface area contributed by atoms with Crippen LogP contribution in [0.2, 0.25) is 0 Å². The van der Waals surface area contributed by atoms with E-state index in [-0.39, 0.29) is 6.79 Å². The number of hydrogen-bond acceptors (Lipinski definition) is 5. The van der Waals surface area contributed by atoms with Crippen LogP contribution < -0.4 is 9.47 Å². The van der Waals surface area contributed by atoms with E-state index in [0.29, 0.717) is 22.0 Å². The van der Waals surface area contributed by atoms with Gasteiger partial charge in [-0.2, -0.15) is 0 Å². The van der Waals surface area contributed by atoms with Crippen LogP contribution in [0.3, 0.4) is 0 Å². The highest BCUT2D eigenvalue weighted by Gasteiger charge is 2.25. The maximum atomic E-state index is 12.0. The van der Waals surface area contributed by atoms with Crippen molar-refractivity contribution in [1.29, 1.82) is 0 Å². The van der Waals surface area contributed by atoms with Gasteiger partial charge in [-0.15, -0.1) is 0 Å². The normalized spacial score (nSPS) is 13.7. The average molecular weight is 318 g/mol. The summed E-state index contributed by atoms with van der Waals surface area (Å²) in [7, 11) is 0.165. The first kappa shape index (κ1) is 14.6. The Morgan fingerprint density at radius 2 is 2.00 bits per heavy atom. The van der Waals surface area contributed by atoms with Crippen LogP contribution in [0.4, 0.5) is 0 Å². The van der Waals surface area contributed by atoms with Crippen LogP contribution in [0.5, 0.6) is 11.5 Å². The Bertz CT molecular complexity index is 769. The van der Waals surface area contributed by atoms with Gasteiger partial charge in [0, 0.05) is 11.2 Å². The molecule has 1 aliphatic rings. The lowest BCUT2D eigenvalue weighted by molar-refractivity contribution is 0.0596. The molecular weight excluding hydrogens is 304 g/mol. The van der Waals surface area contributed by atoms with Gasteiger partial charge in [-0.25, -0.2) is 4.79 Å². The third kappa shape index (κ3) is 2.46. The lowest BCUT2D eigenvalue weighted by Crippen LogP contribution is -2.04. The molecule has 0 saturated heterocycles. The zero-order chi connectivity index (χ0) is 15.7. The van der Waals surface area contributed by atoms with Gasteiger partial charge in [0.05, 0.1) is 17.9 Å². The third-order valence-corrected chi connectivity index (χ3v) is 4.36. The van der Waals surface area contributed by atoms with Crippen molar-refractivity contribution in [2.45, 2.75) is 4.90 Å². The predicted molar refractivity (Wildman–Crippen MR) is 81.7 cm³/mol. The molecule has 0 fully saturated rings. The number of fused-ring (bicyclic) bond motifs is 1. The minimum absolute atomic E-state index is 0.0597. The summed E-state index contributed by atoms with van der Waals surface area (Å²) in [4.78, 5) is 12.6. The summed E-state index contributed by atoms with van der Waals surface area (Å²) in [6, 6.07) is 10.8. The van der Waals surface area contributed by atoms with Crippen molar-refractivity contribution >= 4 is 16.8 Å². The van der Waals surface area contributed by atoms with Crippen molar-refractivity contribution in [1.82, 2.24) is 0 Å². The van der Waals surface area contributed by atoms with Crippen LogP contribution >= 0.6 is 0 Å². The molecule has 3 rings (SSSR count). The molecule has 114 valence electrons. The van der Waals surface area contributed by atoms with Crippen molar-refractivity contribution in [2.24, 2.45) is 0 Å². The Morgan fingerprint density at radius 3 is 2.73 bits per heavy atom. The zero-order valence-electron chi connectivity index (χ0n) is 12.1. The van der Waals surface area contributed by atoms with E-state index in [1.165, 1.54) is 7.11 Å². The van der Waals surface area contributed by atoms with E-state index in [1.807, 2.05) is 18.2 Å². The van der Waals surface area contributed by atoms with E-state index in [4.69, 9.17) is 14.2 Å². The molecule has 0 aliphatic carbocycles. The van der Waals surface area contributed by atoms with Crippen LogP contribution in [0, 0.1) is 0 Å². The number of carbonyl (C=O) groups is 1. The smallest absolute Gasteiger partial charge is 0.341 e. The summed E-state index contributed by atoms with van der Waals surface area (Å²) in [5, 5.41) is 0. The maximum absolute atomic E-state index is 12.0. The fourth-order valence-corrected chi connectivity index (χ4v) is 3.15. The molecule has 0 N–H and O–H groups in total. The fourth-order valence-electron chi connectivity index (χ4n) is 2.38. The van der Waals surface area contributed by atoms with Gasteiger partial charge in [0.15, 0.2) is 11.5 Å². The number of carbonyl (C=O) groups excluding carboxylic acids is 1. The molecule has 1 aliphatic heterocycles. The summed E-state index contributed by atoms with van der Waals surface area (Å²) in [6.45, 7) is 0.0597. The Kier molecular flexibility index (Phi) is 3.85. The summed E-state index contributed by atoms with van der Waals surface area (Å²) in [5.74, 6) is 0.360. The molecule has 2 aromatic rings. The molecule has 1 heterocycles. The molecule has 0 saturated carbocycles. The van der Waals surface area contributed by atoms with Crippen LogP contribution in [0.25, 0.3) is 11.1 Å². The van der Waals surface area contributed by atoms with Gasteiger partial charge in [-0.05, 0) is 29.3 Å². The van der Waals surface area contributed by atoms with E-state index in [9.17, 15) is 9.00 Å². The van der Waals surface area contributed by atoms with Crippen LogP contribution in [0.1, 0.15) is 10.4 Å². The van der Waals surface area contributed by atoms with Gasteiger partial charge in [-0.3, -0.25) is 4.21 Å². The van der Waals surface area contributed by atoms with Crippen molar-refractivity contribution < 1.29 is 23.2 Å². The van der Waals surface area contributed by atoms with Gasteiger partial charge in [0.2, 0.25) is 6.79 Å². The Labute approximate surface area is 130 Å². The Balaban J connectivity index is 2.21. The van der Waals surface area contributed by atoms with Crippen LogP contribution in [-0.2, 0) is 15.5 Å². The second kappa shape index (κ2) is 5.81. The van der Waals surface area contributed by atoms with Crippen LogP contribution in [0.15, 0.2) is 41.3 Å². The molecule has 0 amide bonds. The molecule has 0 radical (unpaired) electrons. The van der Waals surface area contributed by atoms with E-state index < -0.39 is 16.8 Å². The maximum Gasteiger partial charge on any atom is 0.341 e. The fraction of sp³-hybridized carbons (Fsp3) is 0.188. The lowest BCUT2D eigenvalue weighted by atomic mass is 10.0. The number of hydrogen-bond donors (Lipinski definition) is 0. The SMILES string of the molecule is COC(=O)c1cc(-c2ccccc2S(C)=O)cc2c1OCO2. The van der Waals surface area contributed by atoms with Crippen molar-refractivity contribution in [3.05, 3.63) is 42.0 Å². The van der Waals surface area contributed by atoms with E-state index >= 15 is 0 Å². The molecule has 5 nitrogen and oxygen atoms in total. The number of rotatable bonds is 3. The number of methoxy groups -OCH3 is 1. The molecule has 0 bridgehead atoms. The van der Waals surface area contributed by atoms with Gasteiger partial charge >= 0.3 is 5.97 Å². The lowest BCUT2D eigenvalue weighted by Gasteiger charge is -2.11. The highest BCUT2D eigenvalue weighted by Crippen LogP contribution is 2.41. The van der Waals surface area contributed by atoms with Gasteiger partial charge in [-0.1, -0.05) is 18.2 Å². The monoisotopic (exact) mass is 318 g/mol. The number of ether oxygens (including phenoxy) is 3. The van der Waals surface area contributed by atoms with Crippen molar-refractivity contribution in [3.8, 4) is 22.6 Å². The summed E-state index contributed by atoms with van der Waals surface area (Å²) in [6.07, 6.45) is 1.62. The summed E-state index contributed by atoms with van der Waals surface area (Å²) >= 11 is 0. The zero-order valence-corrected chi connectivity index (χ0v) is 12.9. The highest BCUT2D eigenvalue weighted by atomic mass is 32.2.